The van der Waals surface area contributed by atoms with Crippen molar-refractivity contribution in [1.29, 1.82) is 0 Å². The van der Waals surface area contributed by atoms with Gasteiger partial charge in [-0.25, -0.2) is 4.98 Å². The zero-order chi connectivity index (χ0) is 27.0. The molecule has 0 atom stereocenters. The summed E-state index contributed by atoms with van der Waals surface area (Å²) in [5.74, 6) is 1.13. The van der Waals surface area contributed by atoms with Gasteiger partial charge in [-0.15, -0.1) is 0 Å². The van der Waals surface area contributed by atoms with Gasteiger partial charge in [0.1, 0.15) is 11.5 Å². The Morgan fingerprint density at radius 2 is 1.85 bits per heavy atom. The first-order chi connectivity index (χ1) is 19.0. The molecule has 11 heteroatoms. The maximum atomic E-state index is 13.0. The van der Waals surface area contributed by atoms with Crippen LogP contribution >= 0.6 is 0 Å². The van der Waals surface area contributed by atoms with E-state index in [4.69, 9.17) is 5.73 Å². The number of hydrogen-bond acceptors (Lipinski definition) is 9. The lowest BCUT2D eigenvalue weighted by Crippen LogP contribution is -2.37. The van der Waals surface area contributed by atoms with Gasteiger partial charge in [0.15, 0.2) is 11.6 Å². The lowest BCUT2D eigenvalue weighted by Gasteiger charge is -2.26. The van der Waals surface area contributed by atoms with Gasteiger partial charge in [-0.05, 0) is 44.3 Å². The molecule has 11 nitrogen and oxygen atoms in total. The van der Waals surface area contributed by atoms with Gasteiger partial charge in [0, 0.05) is 48.6 Å². The zero-order valence-corrected chi connectivity index (χ0v) is 21.9. The number of rotatable bonds is 12. The van der Waals surface area contributed by atoms with E-state index in [9.17, 15) is 9.59 Å². The third kappa shape index (κ3) is 7.64. The van der Waals surface area contributed by atoms with Crippen LogP contribution in [0.25, 0.3) is 5.70 Å². The van der Waals surface area contributed by atoms with E-state index in [-0.39, 0.29) is 29.9 Å². The van der Waals surface area contributed by atoms with Gasteiger partial charge < -0.3 is 26.6 Å². The van der Waals surface area contributed by atoms with Crippen molar-refractivity contribution in [3.05, 3.63) is 65.5 Å². The molecule has 3 aromatic rings. The molecule has 1 aliphatic carbocycles. The molecule has 1 saturated carbocycles. The number of amides is 1. The Morgan fingerprint density at radius 3 is 2.62 bits per heavy atom. The molecule has 0 radical (unpaired) electrons. The molecule has 5 rings (SSSR count). The van der Waals surface area contributed by atoms with E-state index >= 15 is 0 Å². The van der Waals surface area contributed by atoms with Crippen molar-refractivity contribution in [1.82, 2.24) is 30.4 Å². The average molecular weight is 530 g/mol. The molecule has 39 heavy (non-hydrogen) atoms. The minimum Gasteiger partial charge on any atom is -0.398 e. The third-order valence-electron chi connectivity index (χ3n) is 6.84. The lowest BCUT2D eigenvalue weighted by atomic mass is 10.1. The number of H-pyrrole nitrogens is 1. The highest BCUT2D eigenvalue weighted by molar-refractivity contribution is 5.98. The van der Waals surface area contributed by atoms with Gasteiger partial charge in [0.25, 0.3) is 5.91 Å². The fourth-order valence-corrected chi connectivity index (χ4v) is 4.55. The summed E-state index contributed by atoms with van der Waals surface area (Å²) in [7, 11) is 0. The second-order valence-electron chi connectivity index (χ2n) is 10.0. The monoisotopic (exact) mass is 529 g/mol. The molecule has 2 fully saturated rings. The van der Waals surface area contributed by atoms with Crippen molar-refractivity contribution in [2.75, 3.05) is 43.4 Å². The number of benzene rings is 1. The van der Waals surface area contributed by atoms with Crippen molar-refractivity contribution in [2.45, 2.75) is 38.0 Å². The number of nitrogens with one attached hydrogen (secondary N) is 4. The minimum absolute atomic E-state index is 0.0821. The van der Waals surface area contributed by atoms with E-state index in [1.807, 2.05) is 36.4 Å². The van der Waals surface area contributed by atoms with Crippen LogP contribution in [0.15, 0.2) is 48.5 Å². The molecule has 1 amide bonds. The Hall–Kier alpha value is -4.25. The second kappa shape index (κ2) is 12.5. The molecule has 2 aliphatic rings. The predicted octanol–water partition coefficient (Wildman–Crippen LogP) is 3.02. The third-order valence-corrected chi connectivity index (χ3v) is 6.84. The Balaban J connectivity index is 1.26. The first-order valence-electron chi connectivity index (χ1n) is 13.5. The molecule has 204 valence electrons. The van der Waals surface area contributed by atoms with Crippen molar-refractivity contribution in [3.63, 3.8) is 0 Å². The fraction of sp³-hybridized carbons (Fsp3) is 0.393. The number of anilines is 3. The van der Waals surface area contributed by atoms with E-state index in [1.54, 1.807) is 6.07 Å². The molecule has 1 aromatic carbocycles. The van der Waals surface area contributed by atoms with Crippen LogP contribution in [0.3, 0.4) is 0 Å². The largest absolute Gasteiger partial charge is 0.398 e. The number of hydrogen-bond donors (Lipinski definition) is 5. The molecule has 6 N–H and O–H groups in total. The number of ketones is 1. The van der Waals surface area contributed by atoms with Crippen LogP contribution < -0.4 is 21.7 Å². The number of carbonyl (C=O) groups excluding carboxylic acids is 2. The average Bonchev–Trinajstić information content (AvgIpc) is 3.71. The van der Waals surface area contributed by atoms with E-state index in [1.165, 1.54) is 25.3 Å². The van der Waals surface area contributed by atoms with Gasteiger partial charge in [0.2, 0.25) is 5.95 Å². The summed E-state index contributed by atoms with van der Waals surface area (Å²) in [6.45, 7) is 3.38. The van der Waals surface area contributed by atoms with E-state index in [0.29, 0.717) is 29.8 Å². The van der Waals surface area contributed by atoms with E-state index in [0.717, 1.165) is 43.7 Å². The highest BCUT2D eigenvalue weighted by Gasteiger charge is 2.25. The maximum Gasteiger partial charge on any atom is 0.270 e. The van der Waals surface area contributed by atoms with Gasteiger partial charge >= 0.3 is 0 Å². The fourth-order valence-electron chi connectivity index (χ4n) is 4.55. The maximum absolute atomic E-state index is 13.0. The summed E-state index contributed by atoms with van der Waals surface area (Å²) in [6.07, 6.45) is 7.35. The molecular weight excluding hydrogens is 494 g/mol. The molecule has 1 saturated heterocycles. The number of aromatic amines is 1. The molecule has 0 spiro atoms. The SMILES string of the molecule is NC(=CC(=O)CNc1nc(Nc2cc(C3CC3)[nH]n2)cc(C(=O)NCCN2CCCCC2)n1)c1ccccc1. The van der Waals surface area contributed by atoms with Crippen LogP contribution in [0.4, 0.5) is 17.6 Å². The van der Waals surface area contributed by atoms with Crippen LogP contribution in [0.5, 0.6) is 0 Å². The Labute approximate surface area is 227 Å². The van der Waals surface area contributed by atoms with Gasteiger partial charge in [-0.2, -0.15) is 10.1 Å². The number of aromatic nitrogens is 4. The summed E-state index contributed by atoms with van der Waals surface area (Å²) >= 11 is 0. The zero-order valence-electron chi connectivity index (χ0n) is 21.9. The number of likely N-dealkylation sites (tertiary alicyclic amines) is 1. The van der Waals surface area contributed by atoms with Crippen molar-refractivity contribution < 1.29 is 9.59 Å². The van der Waals surface area contributed by atoms with Crippen molar-refractivity contribution in [3.8, 4) is 0 Å². The molecule has 2 aromatic heterocycles. The predicted molar refractivity (Wildman–Crippen MR) is 151 cm³/mol. The minimum atomic E-state index is -0.305. The van der Waals surface area contributed by atoms with Crippen LogP contribution in [0.2, 0.25) is 0 Å². The number of carbonyl (C=O) groups is 2. The Bertz CT molecular complexity index is 1310. The van der Waals surface area contributed by atoms with E-state index in [2.05, 4.69) is 41.0 Å². The quantitative estimate of drug-likeness (QED) is 0.223. The standard InChI is InChI=1S/C28H35N9O2/c29-22(19-7-3-1-4-8-19)15-21(38)18-31-28-32-24(27(39)30-11-14-37-12-5-2-6-13-37)17-25(34-28)33-26-16-23(35-36-26)20-9-10-20/h1,3-4,7-8,15-17,20H,2,5-6,9-14,18,29H2,(H,30,39)(H3,31,32,33,34,35,36). The molecular formula is C28H35N9O2. The molecule has 0 unspecified atom stereocenters. The number of nitrogens with zero attached hydrogens (tertiary/aromatic N) is 4. The topological polar surface area (TPSA) is 154 Å². The Kier molecular flexibility index (Phi) is 8.47. The van der Waals surface area contributed by atoms with E-state index < -0.39 is 0 Å². The number of nitrogens with two attached hydrogens (primary N) is 1. The van der Waals surface area contributed by atoms with Gasteiger partial charge in [0.05, 0.1) is 6.54 Å². The summed E-state index contributed by atoms with van der Waals surface area (Å²) in [6, 6.07) is 12.8. The highest BCUT2D eigenvalue weighted by Crippen LogP contribution is 2.39. The summed E-state index contributed by atoms with van der Waals surface area (Å²) in [5.41, 5.74) is 8.48. The van der Waals surface area contributed by atoms with Crippen LogP contribution in [-0.4, -0.2) is 69.5 Å². The highest BCUT2D eigenvalue weighted by atomic mass is 16.2. The van der Waals surface area contributed by atoms with Gasteiger partial charge in [-0.1, -0.05) is 36.8 Å². The van der Waals surface area contributed by atoms with Gasteiger partial charge in [-0.3, -0.25) is 14.7 Å². The van der Waals surface area contributed by atoms with Crippen LogP contribution in [-0.2, 0) is 4.79 Å². The lowest BCUT2D eigenvalue weighted by molar-refractivity contribution is -0.113. The first kappa shape index (κ1) is 26.4. The smallest absolute Gasteiger partial charge is 0.270 e. The van der Waals surface area contributed by atoms with Crippen LogP contribution in [0.1, 0.15) is 59.8 Å². The normalized spacial score (nSPS) is 16.1. The number of piperidine rings is 1. The van der Waals surface area contributed by atoms with Crippen molar-refractivity contribution in [2.24, 2.45) is 5.73 Å². The molecule has 0 bridgehead atoms. The van der Waals surface area contributed by atoms with Crippen molar-refractivity contribution >= 4 is 35.0 Å². The summed E-state index contributed by atoms with van der Waals surface area (Å²) in [4.78, 5) is 36.8. The molecule has 3 heterocycles. The second-order valence-corrected chi connectivity index (χ2v) is 10.0. The Morgan fingerprint density at radius 1 is 1.05 bits per heavy atom. The van der Waals surface area contributed by atoms with Crippen LogP contribution in [0, 0.1) is 0 Å². The first-order valence-corrected chi connectivity index (χ1v) is 13.5. The molecule has 1 aliphatic heterocycles. The summed E-state index contributed by atoms with van der Waals surface area (Å²) in [5, 5.41) is 16.4. The summed E-state index contributed by atoms with van der Waals surface area (Å²) < 4.78 is 0.